The Labute approximate surface area is 135 Å². The van der Waals surface area contributed by atoms with Crippen LogP contribution in [0.1, 0.15) is 20.9 Å². The molecule has 0 atom stereocenters. The topological polar surface area (TPSA) is 42.0 Å². The number of thiophene rings is 1. The minimum absolute atomic E-state index is 0.0722. The van der Waals surface area contributed by atoms with Gasteiger partial charge in [-0.1, -0.05) is 18.2 Å². The summed E-state index contributed by atoms with van der Waals surface area (Å²) in [4.78, 5) is 18.0. The van der Waals surface area contributed by atoms with Crippen LogP contribution in [0.5, 0.6) is 0 Å². The number of nitrogens with one attached hydrogen (secondary N) is 1. The number of aromatic nitrogens is 1. The van der Waals surface area contributed by atoms with Crippen molar-refractivity contribution in [2.45, 2.75) is 13.5 Å². The van der Waals surface area contributed by atoms with Gasteiger partial charge >= 0.3 is 0 Å². The summed E-state index contributed by atoms with van der Waals surface area (Å²) in [6, 6.07) is 11.5. The fraction of sp³-hybridized carbons (Fsp3) is 0.125. The van der Waals surface area contributed by atoms with Crippen LogP contribution in [0.3, 0.4) is 0 Å². The second-order valence-electron chi connectivity index (χ2n) is 4.70. The maximum absolute atomic E-state index is 12.5. The van der Waals surface area contributed by atoms with Crippen LogP contribution < -0.4 is 5.32 Å². The second kappa shape index (κ2) is 5.95. The number of fused-ring (bicyclic) bond motifs is 1. The maximum Gasteiger partial charge on any atom is 0.252 e. The molecule has 1 amide bonds. The molecule has 5 heteroatoms. The van der Waals surface area contributed by atoms with E-state index in [1.54, 1.807) is 11.3 Å². The smallest absolute Gasteiger partial charge is 0.252 e. The van der Waals surface area contributed by atoms with Gasteiger partial charge in [-0.25, -0.2) is 0 Å². The Hall–Kier alpha value is -1.72. The number of hydrogen-bond donors (Lipinski definition) is 1. The average Bonchev–Trinajstić information content (AvgIpc) is 2.89. The highest BCUT2D eigenvalue weighted by Crippen LogP contribution is 2.23. The normalized spacial score (nSPS) is 10.8. The molecule has 0 unspecified atom stereocenters. The molecule has 106 valence electrons. The Bertz CT molecular complexity index is 813. The van der Waals surface area contributed by atoms with Crippen LogP contribution in [0, 0.1) is 6.92 Å². The lowest BCUT2D eigenvalue weighted by atomic mass is 10.1. The molecule has 0 saturated carbocycles. The third kappa shape index (κ3) is 2.99. The number of carbonyl (C=O) groups is 1. The molecule has 1 N–H and O–H groups in total. The van der Waals surface area contributed by atoms with Crippen molar-refractivity contribution in [2.24, 2.45) is 0 Å². The lowest BCUT2D eigenvalue weighted by Gasteiger charge is -2.08. The molecule has 0 aliphatic carbocycles. The van der Waals surface area contributed by atoms with Crippen molar-refractivity contribution in [1.29, 1.82) is 0 Å². The minimum Gasteiger partial charge on any atom is -0.347 e. The molecular formula is C16H13BrN2OS. The molecule has 2 aromatic heterocycles. The van der Waals surface area contributed by atoms with E-state index < -0.39 is 0 Å². The zero-order valence-corrected chi connectivity index (χ0v) is 13.8. The van der Waals surface area contributed by atoms with Crippen molar-refractivity contribution >= 4 is 44.1 Å². The molecule has 0 spiro atoms. The first-order valence-corrected chi connectivity index (χ1v) is 8.19. The van der Waals surface area contributed by atoms with E-state index in [2.05, 4.69) is 26.2 Å². The molecule has 0 bridgehead atoms. The number of rotatable bonds is 3. The maximum atomic E-state index is 12.5. The van der Waals surface area contributed by atoms with Crippen LogP contribution in [-0.2, 0) is 6.54 Å². The van der Waals surface area contributed by atoms with Crippen molar-refractivity contribution in [3.05, 3.63) is 62.4 Å². The van der Waals surface area contributed by atoms with Crippen molar-refractivity contribution in [3.63, 3.8) is 0 Å². The second-order valence-corrected chi connectivity index (χ2v) is 6.56. The molecule has 1 aromatic carbocycles. The van der Waals surface area contributed by atoms with Gasteiger partial charge in [-0.05, 0) is 46.4 Å². The number of hydrogen-bond acceptors (Lipinski definition) is 3. The van der Waals surface area contributed by atoms with Crippen LogP contribution in [-0.4, -0.2) is 10.9 Å². The summed E-state index contributed by atoms with van der Waals surface area (Å²) in [7, 11) is 0. The number of para-hydroxylation sites is 1. The first-order chi connectivity index (χ1) is 10.1. The van der Waals surface area contributed by atoms with E-state index in [-0.39, 0.29) is 5.91 Å². The van der Waals surface area contributed by atoms with Gasteiger partial charge in [0.15, 0.2) is 0 Å². The number of amides is 1. The Kier molecular flexibility index (Phi) is 4.03. The van der Waals surface area contributed by atoms with Crippen molar-refractivity contribution in [1.82, 2.24) is 10.3 Å². The molecule has 3 aromatic rings. The predicted octanol–water partition coefficient (Wildman–Crippen LogP) is 4.30. The van der Waals surface area contributed by atoms with E-state index in [1.807, 2.05) is 48.7 Å². The van der Waals surface area contributed by atoms with Crippen LogP contribution in [0.15, 0.2) is 46.3 Å². The van der Waals surface area contributed by atoms with Crippen molar-refractivity contribution < 1.29 is 4.79 Å². The van der Waals surface area contributed by atoms with Gasteiger partial charge < -0.3 is 5.32 Å². The molecule has 0 radical (unpaired) electrons. The van der Waals surface area contributed by atoms with E-state index in [0.29, 0.717) is 12.1 Å². The van der Waals surface area contributed by atoms with Gasteiger partial charge in [-0.2, -0.15) is 0 Å². The molecule has 3 rings (SSSR count). The number of nitrogens with zero attached hydrogens (tertiary/aromatic N) is 1. The molecule has 0 fully saturated rings. The van der Waals surface area contributed by atoms with Crippen LogP contribution in [0.2, 0.25) is 0 Å². The van der Waals surface area contributed by atoms with Crippen LogP contribution >= 0.6 is 27.3 Å². The molecule has 0 aliphatic rings. The third-order valence-electron chi connectivity index (χ3n) is 3.19. The average molecular weight is 361 g/mol. The van der Waals surface area contributed by atoms with Crippen LogP contribution in [0.25, 0.3) is 10.9 Å². The number of halogens is 1. The summed E-state index contributed by atoms with van der Waals surface area (Å²) in [5, 5.41) is 5.85. The van der Waals surface area contributed by atoms with E-state index in [0.717, 1.165) is 25.9 Å². The summed E-state index contributed by atoms with van der Waals surface area (Å²) in [6.45, 7) is 2.42. The fourth-order valence-corrected chi connectivity index (χ4v) is 3.63. The number of carbonyl (C=O) groups excluding carboxylic acids is 1. The quantitative estimate of drug-likeness (QED) is 0.756. The van der Waals surface area contributed by atoms with E-state index in [1.165, 1.54) is 0 Å². The molecule has 0 saturated heterocycles. The molecule has 2 heterocycles. The monoisotopic (exact) mass is 360 g/mol. The summed E-state index contributed by atoms with van der Waals surface area (Å²) in [6.07, 6.45) is 0. The first-order valence-electron chi connectivity index (χ1n) is 6.51. The lowest BCUT2D eigenvalue weighted by Crippen LogP contribution is -2.23. The summed E-state index contributed by atoms with van der Waals surface area (Å²) < 4.78 is 1.03. The Balaban J connectivity index is 1.89. The third-order valence-corrected chi connectivity index (χ3v) is 5.12. The van der Waals surface area contributed by atoms with E-state index in [4.69, 9.17) is 0 Å². The Morgan fingerprint density at radius 3 is 2.90 bits per heavy atom. The van der Waals surface area contributed by atoms with E-state index in [9.17, 15) is 4.79 Å². The van der Waals surface area contributed by atoms with Gasteiger partial charge in [0.25, 0.3) is 5.91 Å². The summed E-state index contributed by atoms with van der Waals surface area (Å²) in [5.41, 5.74) is 2.36. The largest absolute Gasteiger partial charge is 0.347 e. The van der Waals surface area contributed by atoms with Gasteiger partial charge in [0.2, 0.25) is 0 Å². The Morgan fingerprint density at radius 2 is 2.14 bits per heavy atom. The van der Waals surface area contributed by atoms with Crippen LogP contribution in [0.4, 0.5) is 0 Å². The van der Waals surface area contributed by atoms with Gasteiger partial charge in [-0.3, -0.25) is 9.78 Å². The predicted molar refractivity (Wildman–Crippen MR) is 89.7 cm³/mol. The van der Waals surface area contributed by atoms with Gasteiger partial charge in [0.1, 0.15) is 0 Å². The number of benzene rings is 1. The SMILES string of the molecule is Cc1cc(C(=O)NCc2sccc2Br)c2ccccc2n1. The highest BCUT2D eigenvalue weighted by molar-refractivity contribution is 9.10. The first kappa shape index (κ1) is 14.2. The highest BCUT2D eigenvalue weighted by atomic mass is 79.9. The fourth-order valence-electron chi connectivity index (χ4n) is 2.20. The van der Waals surface area contributed by atoms with Crippen molar-refractivity contribution in [2.75, 3.05) is 0 Å². The molecule has 0 aliphatic heterocycles. The van der Waals surface area contributed by atoms with E-state index >= 15 is 0 Å². The zero-order valence-electron chi connectivity index (χ0n) is 11.4. The van der Waals surface area contributed by atoms with Crippen molar-refractivity contribution in [3.8, 4) is 0 Å². The highest BCUT2D eigenvalue weighted by Gasteiger charge is 2.12. The van der Waals surface area contributed by atoms with Gasteiger partial charge in [-0.15, -0.1) is 11.3 Å². The molecule has 3 nitrogen and oxygen atoms in total. The zero-order chi connectivity index (χ0) is 14.8. The summed E-state index contributed by atoms with van der Waals surface area (Å²) in [5.74, 6) is -0.0722. The van der Waals surface area contributed by atoms with Gasteiger partial charge in [0.05, 0.1) is 17.6 Å². The Morgan fingerprint density at radius 1 is 1.33 bits per heavy atom. The molecular weight excluding hydrogens is 348 g/mol. The summed E-state index contributed by atoms with van der Waals surface area (Å²) >= 11 is 5.09. The number of pyridine rings is 1. The molecule has 21 heavy (non-hydrogen) atoms. The van der Waals surface area contributed by atoms with Gasteiger partial charge in [0, 0.05) is 20.4 Å². The number of aryl methyl sites for hydroxylation is 1. The standard InChI is InChI=1S/C16H13BrN2OS/c1-10-8-12(11-4-2-3-5-14(11)19-10)16(20)18-9-15-13(17)6-7-21-15/h2-8H,9H2,1H3,(H,18,20). The lowest BCUT2D eigenvalue weighted by molar-refractivity contribution is 0.0952. The minimum atomic E-state index is -0.0722.